The predicted octanol–water partition coefficient (Wildman–Crippen LogP) is 5.03. The molecule has 0 aliphatic heterocycles. The highest BCUT2D eigenvalue weighted by Crippen LogP contribution is 2.30. The maximum Gasteiger partial charge on any atom is 0.387 e. The van der Waals surface area contributed by atoms with Crippen LogP contribution in [0.15, 0.2) is 41.1 Å². The number of ether oxygens (including phenoxy) is 1. The largest absolute Gasteiger partial charge is 0.435 e. The van der Waals surface area contributed by atoms with Crippen LogP contribution in [0.3, 0.4) is 0 Å². The number of halogens is 3. The van der Waals surface area contributed by atoms with E-state index in [1.54, 1.807) is 23.5 Å². The molecule has 0 aliphatic rings. The number of benzene rings is 1. The van der Waals surface area contributed by atoms with E-state index in [9.17, 15) is 8.78 Å². The van der Waals surface area contributed by atoms with Gasteiger partial charge in [0.1, 0.15) is 5.75 Å². The summed E-state index contributed by atoms with van der Waals surface area (Å²) in [5, 5.41) is 4.10. The van der Waals surface area contributed by atoms with Crippen molar-refractivity contribution in [1.29, 1.82) is 0 Å². The van der Waals surface area contributed by atoms with Crippen molar-refractivity contribution in [2.75, 3.05) is 0 Å². The zero-order valence-electron chi connectivity index (χ0n) is 9.35. The molecule has 0 fully saturated rings. The van der Waals surface area contributed by atoms with Crippen LogP contribution in [-0.2, 0) is 6.42 Å². The molecular formula is C13H11BrF2OS. The number of alkyl halides is 3. The van der Waals surface area contributed by atoms with Gasteiger partial charge in [0.15, 0.2) is 0 Å². The lowest BCUT2D eigenvalue weighted by Crippen LogP contribution is -2.02. The van der Waals surface area contributed by atoms with Gasteiger partial charge in [0.05, 0.1) is 0 Å². The van der Waals surface area contributed by atoms with E-state index in [0.717, 1.165) is 12.0 Å². The lowest BCUT2D eigenvalue weighted by molar-refractivity contribution is -0.0498. The SMILES string of the molecule is FC(F)Oc1cccc(C(Br)Cc2ccsc2)c1. The average molecular weight is 333 g/mol. The highest BCUT2D eigenvalue weighted by molar-refractivity contribution is 9.09. The summed E-state index contributed by atoms with van der Waals surface area (Å²) in [4.78, 5) is 0.0910. The molecule has 0 bridgehead atoms. The summed E-state index contributed by atoms with van der Waals surface area (Å²) in [6, 6.07) is 8.83. The number of hydrogen-bond acceptors (Lipinski definition) is 2. The Hall–Kier alpha value is -0.940. The van der Waals surface area contributed by atoms with E-state index in [0.29, 0.717) is 0 Å². The van der Waals surface area contributed by atoms with E-state index < -0.39 is 6.61 Å². The monoisotopic (exact) mass is 332 g/mol. The van der Waals surface area contributed by atoms with Crippen LogP contribution in [0.2, 0.25) is 0 Å². The summed E-state index contributed by atoms with van der Waals surface area (Å²) in [7, 11) is 0. The van der Waals surface area contributed by atoms with E-state index in [-0.39, 0.29) is 10.6 Å². The first kappa shape index (κ1) is 13.5. The van der Waals surface area contributed by atoms with Crippen molar-refractivity contribution in [3.05, 3.63) is 52.2 Å². The van der Waals surface area contributed by atoms with E-state index in [4.69, 9.17) is 0 Å². The molecule has 0 saturated carbocycles. The summed E-state index contributed by atoms with van der Waals surface area (Å²) < 4.78 is 28.6. The van der Waals surface area contributed by atoms with Crippen LogP contribution < -0.4 is 4.74 Å². The van der Waals surface area contributed by atoms with Crippen LogP contribution in [0.4, 0.5) is 8.78 Å². The van der Waals surface area contributed by atoms with Gasteiger partial charge in [-0.1, -0.05) is 28.1 Å². The lowest BCUT2D eigenvalue weighted by Gasteiger charge is -2.11. The Bertz CT molecular complexity index is 487. The molecule has 0 aliphatic carbocycles. The third kappa shape index (κ3) is 3.78. The lowest BCUT2D eigenvalue weighted by atomic mass is 10.1. The highest BCUT2D eigenvalue weighted by Gasteiger charge is 2.11. The van der Waals surface area contributed by atoms with Gasteiger partial charge in [-0.3, -0.25) is 0 Å². The molecule has 2 rings (SSSR count). The quantitative estimate of drug-likeness (QED) is 0.698. The summed E-state index contributed by atoms with van der Waals surface area (Å²) in [6.07, 6.45) is 0.821. The van der Waals surface area contributed by atoms with Gasteiger partial charge < -0.3 is 4.74 Å². The molecule has 1 aromatic carbocycles. The summed E-state index contributed by atoms with van der Waals surface area (Å²) >= 11 is 5.21. The number of thiophene rings is 1. The molecule has 96 valence electrons. The normalized spacial score (nSPS) is 12.7. The number of rotatable bonds is 5. The Balaban J connectivity index is 2.07. The molecule has 1 heterocycles. The Morgan fingerprint density at radius 1 is 1.28 bits per heavy atom. The van der Waals surface area contributed by atoms with E-state index in [2.05, 4.69) is 32.1 Å². The Kier molecular flexibility index (Phi) is 4.72. The standard InChI is InChI=1S/C13H11BrF2OS/c14-12(6-9-4-5-18-8-9)10-2-1-3-11(7-10)17-13(15)16/h1-5,7-8,12-13H,6H2. The molecular weight excluding hydrogens is 322 g/mol. The van der Waals surface area contributed by atoms with Crippen molar-refractivity contribution < 1.29 is 13.5 Å². The maximum absolute atomic E-state index is 12.1. The predicted molar refractivity (Wildman–Crippen MR) is 72.8 cm³/mol. The zero-order valence-corrected chi connectivity index (χ0v) is 11.8. The fraction of sp³-hybridized carbons (Fsp3) is 0.231. The molecule has 1 aromatic heterocycles. The van der Waals surface area contributed by atoms with Gasteiger partial charge in [-0.05, 0) is 46.5 Å². The second-order valence-corrected chi connectivity index (χ2v) is 5.64. The molecule has 0 saturated heterocycles. The van der Waals surface area contributed by atoms with Gasteiger partial charge in [0.2, 0.25) is 0 Å². The van der Waals surface area contributed by atoms with Crippen LogP contribution in [0.1, 0.15) is 16.0 Å². The highest BCUT2D eigenvalue weighted by atomic mass is 79.9. The first-order chi connectivity index (χ1) is 8.65. The van der Waals surface area contributed by atoms with E-state index in [1.807, 2.05) is 11.4 Å². The van der Waals surface area contributed by atoms with Crippen molar-refractivity contribution in [2.45, 2.75) is 17.9 Å². The van der Waals surface area contributed by atoms with Crippen LogP contribution >= 0.6 is 27.3 Å². The van der Waals surface area contributed by atoms with E-state index >= 15 is 0 Å². The molecule has 18 heavy (non-hydrogen) atoms. The average Bonchev–Trinajstić information content (AvgIpc) is 2.81. The third-order valence-corrected chi connectivity index (χ3v) is 4.02. The Labute approximate surface area is 117 Å². The fourth-order valence-corrected chi connectivity index (χ4v) is 2.96. The Morgan fingerprint density at radius 2 is 2.11 bits per heavy atom. The van der Waals surface area contributed by atoms with Crippen molar-refractivity contribution in [3.63, 3.8) is 0 Å². The van der Waals surface area contributed by atoms with Gasteiger partial charge >= 0.3 is 6.61 Å². The van der Waals surface area contributed by atoms with Gasteiger partial charge in [-0.15, -0.1) is 0 Å². The summed E-state index contributed by atoms with van der Waals surface area (Å²) in [6.45, 7) is -2.79. The van der Waals surface area contributed by atoms with Gasteiger partial charge in [-0.2, -0.15) is 20.1 Å². The second-order valence-electron chi connectivity index (χ2n) is 3.75. The smallest absolute Gasteiger partial charge is 0.387 e. The fourth-order valence-electron chi connectivity index (χ4n) is 1.62. The summed E-state index contributed by atoms with van der Waals surface area (Å²) in [5.74, 6) is 0.192. The van der Waals surface area contributed by atoms with Crippen molar-refractivity contribution in [3.8, 4) is 5.75 Å². The van der Waals surface area contributed by atoms with Gasteiger partial charge in [0, 0.05) is 4.83 Å². The van der Waals surface area contributed by atoms with Crippen LogP contribution in [0.5, 0.6) is 5.75 Å². The topological polar surface area (TPSA) is 9.23 Å². The molecule has 5 heteroatoms. The Morgan fingerprint density at radius 3 is 2.78 bits per heavy atom. The molecule has 1 unspecified atom stereocenters. The minimum atomic E-state index is -2.79. The summed E-state index contributed by atoms with van der Waals surface area (Å²) in [5.41, 5.74) is 2.15. The number of hydrogen-bond donors (Lipinski definition) is 0. The molecule has 2 aromatic rings. The second kappa shape index (κ2) is 6.29. The van der Waals surface area contributed by atoms with Gasteiger partial charge in [-0.25, -0.2) is 0 Å². The molecule has 0 amide bonds. The first-order valence-corrected chi connectivity index (χ1v) is 7.21. The minimum absolute atomic E-state index is 0.0910. The van der Waals surface area contributed by atoms with Crippen molar-refractivity contribution in [2.24, 2.45) is 0 Å². The van der Waals surface area contributed by atoms with Crippen LogP contribution in [0.25, 0.3) is 0 Å². The van der Waals surface area contributed by atoms with Gasteiger partial charge in [0.25, 0.3) is 0 Å². The first-order valence-electron chi connectivity index (χ1n) is 5.35. The van der Waals surface area contributed by atoms with Crippen molar-refractivity contribution in [1.82, 2.24) is 0 Å². The van der Waals surface area contributed by atoms with Crippen LogP contribution in [-0.4, -0.2) is 6.61 Å². The molecule has 1 atom stereocenters. The molecule has 0 spiro atoms. The zero-order chi connectivity index (χ0) is 13.0. The minimum Gasteiger partial charge on any atom is -0.435 e. The van der Waals surface area contributed by atoms with Crippen molar-refractivity contribution >= 4 is 27.3 Å². The third-order valence-electron chi connectivity index (χ3n) is 2.44. The van der Waals surface area contributed by atoms with Crippen LogP contribution in [0, 0.1) is 0 Å². The maximum atomic E-state index is 12.1. The molecule has 0 N–H and O–H groups in total. The van der Waals surface area contributed by atoms with E-state index in [1.165, 1.54) is 11.6 Å². The molecule has 0 radical (unpaired) electrons. The molecule has 1 nitrogen and oxygen atoms in total.